The quantitative estimate of drug-likeness (QED) is 0.834. The number of halogens is 2. The van der Waals surface area contributed by atoms with Crippen molar-refractivity contribution in [3.8, 4) is 0 Å². The predicted octanol–water partition coefficient (Wildman–Crippen LogP) is 3.80. The molecule has 106 valence electrons. The summed E-state index contributed by atoms with van der Waals surface area (Å²) in [6, 6.07) is 12.1. The van der Waals surface area contributed by atoms with Crippen molar-refractivity contribution in [2.75, 3.05) is 10.8 Å². The Morgan fingerprint density at radius 3 is 2.45 bits per heavy atom. The van der Waals surface area contributed by atoms with Crippen molar-refractivity contribution in [3.63, 3.8) is 0 Å². The Balaban J connectivity index is 2.54. The number of rotatable bonds is 4. The van der Waals surface area contributed by atoms with Crippen LogP contribution in [0.25, 0.3) is 0 Å². The third-order valence-electron chi connectivity index (χ3n) is 2.79. The lowest BCUT2D eigenvalue weighted by Gasteiger charge is -2.23. The molecule has 0 unspecified atom stereocenters. The van der Waals surface area contributed by atoms with Crippen LogP contribution in [0.5, 0.6) is 0 Å². The molecular weight excluding hydrogens is 345 g/mol. The van der Waals surface area contributed by atoms with E-state index in [0.29, 0.717) is 10.2 Å². The highest BCUT2D eigenvalue weighted by molar-refractivity contribution is 9.10. The highest BCUT2D eigenvalue weighted by Gasteiger charge is 2.25. The van der Waals surface area contributed by atoms with Gasteiger partial charge in [-0.2, -0.15) is 0 Å². The first kappa shape index (κ1) is 15.0. The van der Waals surface area contributed by atoms with E-state index in [1.807, 2.05) is 0 Å². The van der Waals surface area contributed by atoms with Crippen LogP contribution in [0.15, 0.2) is 57.9 Å². The zero-order chi connectivity index (χ0) is 14.8. The van der Waals surface area contributed by atoms with Gasteiger partial charge in [-0.15, -0.1) is 0 Å². The van der Waals surface area contributed by atoms with Gasteiger partial charge in [0.05, 0.1) is 5.69 Å². The molecule has 0 aliphatic rings. The highest BCUT2D eigenvalue weighted by atomic mass is 79.9. The minimum atomic E-state index is -3.73. The van der Waals surface area contributed by atoms with Crippen molar-refractivity contribution in [1.29, 1.82) is 0 Å². The third-order valence-corrected chi connectivity index (χ3v) is 5.70. The second-order valence-electron chi connectivity index (χ2n) is 4.08. The van der Waals surface area contributed by atoms with Crippen molar-refractivity contribution < 1.29 is 12.8 Å². The Bertz CT molecular complexity index is 719. The van der Waals surface area contributed by atoms with Crippen molar-refractivity contribution in [3.05, 3.63) is 58.8 Å². The van der Waals surface area contributed by atoms with Crippen molar-refractivity contribution >= 4 is 31.6 Å². The second-order valence-corrected chi connectivity index (χ2v) is 6.77. The number of sulfonamides is 1. The summed E-state index contributed by atoms with van der Waals surface area (Å²) < 4.78 is 40.3. The Morgan fingerprint density at radius 2 is 1.85 bits per heavy atom. The Kier molecular flexibility index (Phi) is 4.45. The molecule has 0 aliphatic carbocycles. The van der Waals surface area contributed by atoms with Crippen LogP contribution in [-0.4, -0.2) is 15.0 Å². The number of hydrogen-bond donors (Lipinski definition) is 0. The molecule has 0 aliphatic heterocycles. The first-order chi connectivity index (χ1) is 9.46. The minimum absolute atomic E-state index is 0.158. The molecule has 0 heterocycles. The first-order valence-corrected chi connectivity index (χ1v) is 8.23. The maximum Gasteiger partial charge on any atom is 0.265 e. The molecule has 20 heavy (non-hydrogen) atoms. The standard InChI is InChI=1S/C14H13BrFNO2S/c1-2-17(12-7-5-6-11(16)10-12)20(18,19)14-9-4-3-8-13(14)15/h3-10H,2H2,1H3. The van der Waals surface area contributed by atoms with E-state index in [9.17, 15) is 12.8 Å². The summed E-state index contributed by atoms with van der Waals surface area (Å²) in [5.41, 5.74) is 0.309. The highest BCUT2D eigenvalue weighted by Crippen LogP contribution is 2.28. The van der Waals surface area contributed by atoms with E-state index in [1.54, 1.807) is 31.2 Å². The SMILES string of the molecule is CCN(c1cccc(F)c1)S(=O)(=O)c1ccccc1Br. The van der Waals surface area contributed by atoms with E-state index in [1.165, 1.54) is 28.6 Å². The molecule has 0 aromatic heterocycles. The molecule has 2 aromatic rings. The molecule has 0 saturated carbocycles. The van der Waals surface area contributed by atoms with Crippen LogP contribution in [0.4, 0.5) is 10.1 Å². The maximum atomic E-state index is 13.3. The molecule has 2 aromatic carbocycles. The summed E-state index contributed by atoms with van der Waals surface area (Å²) >= 11 is 3.24. The summed E-state index contributed by atoms with van der Waals surface area (Å²) in [7, 11) is -3.73. The van der Waals surface area contributed by atoms with Crippen LogP contribution in [0.1, 0.15) is 6.92 Å². The summed E-state index contributed by atoms with van der Waals surface area (Å²) in [4.78, 5) is 0.158. The van der Waals surface area contributed by atoms with Crippen LogP contribution in [-0.2, 0) is 10.0 Å². The number of nitrogens with zero attached hydrogens (tertiary/aromatic N) is 1. The molecule has 0 spiro atoms. The maximum absolute atomic E-state index is 13.3. The smallest absolute Gasteiger partial charge is 0.265 e. The fraction of sp³-hybridized carbons (Fsp3) is 0.143. The van der Waals surface area contributed by atoms with E-state index in [0.717, 1.165) is 0 Å². The molecule has 0 fully saturated rings. The average Bonchev–Trinajstić information content (AvgIpc) is 2.39. The summed E-state index contributed by atoms with van der Waals surface area (Å²) in [6.07, 6.45) is 0. The minimum Gasteiger partial charge on any atom is -0.266 e. The third kappa shape index (κ3) is 2.86. The van der Waals surface area contributed by atoms with E-state index < -0.39 is 15.8 Å². The zero-order valence-corrected chi connectivity index (χ0v) is 13.2. The van der Waals surface area contributed by atoms with Gasteiger partial charge in [-0.3, -0.25) is 4.31 Å². The number of benzene rings is 2. The molecular formula is C14H13BrFNO2S. The van der Waals surface area contributed by atoms with E-state index in [4.69, 9.17) is 0 Å². The van der Waals surface area contributed by atoms with Crippen LogP contribution in [0, 0.1) is 5.82 Å². The lowest BCUT2D eigenvalue weighted by atomic mass is 10.3. The molecule has 2 rings (SSSR count). The monoisotopic (exact) mass is 357 g/mol. The topological polar surface area (TPSA) is 37.4 Å². The van der Waals surface area contributed by atoms with Gasteiger partial charge in [-0.05, 0) is 53.2 Å². The van der Waals surface area contributed by atoms with E-state index in [2.05, 4.69) is 15.9 Å². The van der Waals surface area contributed by atoms with Crippen LogP contribution >= 0.6 is 15.9 Å². The molecule has 3 nitrogen and oxygen atoms in total. The summed E-state index contributed by atoms with van der Waals surface area (Å²) in [5.74, 6) is -0.469. The fourth-order valence-electron chi connectivity index (χ4n) is 1.90. The lowest BCUT2D eigenvalue weighted by Crippen LogP contribution is -2.31. The molecule has 0 N–H and O–H groups in total. The first-order valence-electron chi connectivity index (χ1n) is 5.99. The van der Waals surface area contributed by atoms with Crippen LogP contribution in [0.2, 0.25) is 0 Å². The van der Waals surface area contributed by atoms with Crippen LogP contribution in [0.3, 0.4) is 0 Å². The van der Waals surface area contributed by atoms with Gasteiger partial charge in [-0.1, -0.05) is 18.2 Å². The summed E-state index contributed by atoms with van der Waals surface area (Å²) in [6.45, 7) is 1.92. The van der Waals surface area contributed by atoms with Crippen molar-refractivity contribution in [2.24, 2.45) is 0 Å². The van der Waals surface area contributed by atoms with Gasteiger partial charge >= 0.3 is 0 Å². The Morgan fingerprint density at radius 1 is 1.15 bits per heavy atom. The Labute approximate surface area is 126 Å². The van der Waals surface area contributed by atoms with Crippen molar-refractivity contribution in [2.45, 2.75) is 11.8 Å². The van der Waals surface area contributed by atoms with E-state index >= 15 is 0 Å². The molecule has 0 radical (unpaired) electrons. The van der Waals surface area contributed by atoms with Crippen molar-refractivity contribution in [1.82, 2.24) is 0 Å². The van der Waals surface area contributed by atoms with Gasteiger partial charge in [0.2, 0.25) is 0 Å². The fourth-order valence-corrected chi connectivity index (χ4v) is 4.33. The predicted molar refractivity (Wildman–Crippen MR) is 80.7 cm³/mol. The zero-order valence-electron chi connectivity index (χ0n) is 10.8. The number of anilines is 1. The normalized spacial score (nSPS) is 11.3. The van der Waals surface area contributed by atoms with Gasteiger partial charge in [0.1, 0.15) is 10.7 Å². The summed E-state index contributed by atoms with van der Waals surface area (Å²) in [5, 5.41) is 0. The largest absolute Gasteiger partial charge is 0.266 e. The Hall–Kier alpha value is -1.40. The molecule has 0 amide bonds. The number of hydrogen-bond acceptors (Lipinski definition) is 2. The van der Waals surface area contributed by atoms with E-state index in [-0.39, 0.29) is 11.4 Å². The second kappa shape index (κ2) is 5.93. The van der Waals surface area contributed by atoms with Gasteiger partial charge in [-0.25, -0.2) is 12.8 Å². The van der Waals surface area contributed by atoms with Gasteiger partial charge in [0.25, 0.3) is 10.0 Å². The molecule has 6 heteroatoms. The van der Waals surface area contributed by atoms with Gasteiger partial charge in [0.15, 0.2) is 0 Å². The van der Waals surface area contributed by atoms with Gasteiger partial charge in [0, 0.05) is 11.0 Å². The molecule has 0 atom stereocenters. The lowest BCUT2D eigenvalue weighted by molar-refractivity contribution is 0.591. The van der Waals surface area contributed by atoms with Crippen LogP contribution < -0.4 is 4.31 Å². The average molecular weight is 358 g/mol. The molecule has 0 saturated heterocycles. The van der Waals surface area contributed by atoms with Gasteiger partial charge < -0.3 is 0 Å². The molecule has 0 bridgehead atoms.